The molecule has 2 aromatic heterocycles. The van der Waals surface area contributed by atoms with Gasteiger partial charge >= 0.3 is 0 Å². The summed E-state index contributed by atoms with van der Waals surface area (Å²) in [6, 6.07) is 10.3. The number of aromatic nitrogens is 3. The molecule has 8 heteroatoms. The lowest BCUT2D eigenvalue weighted by Gasteiger charge is -2.10. The number of nitrogens with zero attached hydrogens (tertiary/aromatic N) is 3. The average Bonchev–Trinajstić information content (AvgIpc) is 2.64. The Labute approximate surface area is 154 Å². The van der Waals surface area contributed by atoms with Crippen molar-refractivity contribution in [3.05, 3.63) is 76.4 Å². The molecule has 25 heavy (non-hydrogen) atoms. The predicted octanol–water partition coefficient (Wildman–Crippen LogP) is 4.04. The Morgan fingerprint density at radius 1 is 1.08 bits per heavy atom. The van der Waals surface area contributed by atoms with Crippen molar-refractivity contribution in [3.8, 4) is 0 Å². The van der Waals surface area contributed by atoms with Crippen LogP contribution in [0.3, 0.4) is 0 Å². The number of anilines is 2. The Morgan fingerprint density at radius 3 is 2.60 bits per heavy atom. The van der Waals surface area contributed by atoms with E-state index >= 15 is 0 Å². The summed E-state index contributed by atoms with van der Waals surface area (Å²) in [5.41, 5.74) is 1.54. The third-order valence-electron chi connectivity index (χ3n) is 3.30. The van der Waals surface area contributed by atoms with Crippen LogP contribution in [0.4, 0.5) is 11.5 Å². The number of hydrogen-bond acceptors (Lipinski definition) is 5. The topological polar surface area (TPSA) is 79.8 Å². The summed E-state index contributed by atoms with van der Waals surface area (Å²) in [7, 11) is 0. The Hall–Kier alpha value is -2.70. The highest BCUT2D eigenvalue weighted by molar-refractivity contribution is 6.40. The zero-order valence-electron chi connectivity index (χ0n) is 12.9. The van der Waals surface area contributed by atoms with Crippen LogP contribution in [0.2, 0.25) is 10.0 Å². The molecule has 6 nitrogen and oxygen atoms in total. The molecule has 0 aliphatic rings. The summed E-state index contributed by atoms with van der Waals surface area (Å²) >= 11 is 12.1. The summed E-state index contributed by atoms with van der Waals surface area (Å²) in [4.78, 5) is 24.5. The zero-order chi connectivity index (χ0) is 17.6. The molecule has 0 fully saturated rings. The first-order valence-corrected chi connectivity index (χ1v) is 8.09. The Morgan fingerprint density at radius 2 is 1.88 bits per heavy atom. The maximum Gasteiger partial charge on any atom is 0.274 e. The molecule has 0 saturated carbocycles. The first kappa shape index (κ1) is 17.1. The molecule has 0 spiro atoms. The minimum atomic E-state index is -0.429. The third kappa shape index (κ3) is 4.43. The Balaban J connectivity index is 1.71. The van der Waals surface area contributed by atoms with Crippen molar-refractivity contribution in [2.75, 3.05) is 10.6 Å². The van der Waals surface area contributed by atoms with E-state index in [9.17, 15) is 4.79 Å². The number of carbonyl (C=O) groups excluding carboxylic acids is 1. The van der Waals surface area contributed by atoms with Crippen molar-refractivity contribution in [1.82, 2.24) is 15.0 Å². The first-order chi connectivity index (χ1) is 12.1. The van der Waals surface area contributed by atoms with E-state index in [0.29, 0.717) is 28.1 Å². The van der Waals surface area contributed by atoms with E-state index in [1.807, 2.05) is 12.1 Å². The molecule has 0 aliphatic heterocycles. The summed E-state index contributed by atoms with van der Waals surface area (Å²) < 4.78 is 0. The maximum absolute atomic E-state index is 12.4. The number of hydrogen-bond donors (Lipinski definition) is 2. The van der Waals surface area contributed by atoms with Gasteiger partial charge in [0.1, 0.15) is 17.8 Å². The maximum atomic E-state index is 12.4. The lowest BCUT2D eigenvalue weighted by Crippen LogP contribution is -2.15. The largest absolute Gasteiger partial charge is 0.366 e. The standard InChI is InChI=1S/C17H13Cl2N5O/c18-12-4-1-5-13(19)16(12)24-17(25)14-7-15(23-10-22-14)21-9-11-3-2-6-20-8-11/h1-8,10H,9H2,(H,24,25)(H,21,22,23). The van der Waals surface area contributed by atoms with E-state index in [1.165, 1.54) is 6.33 Å². The number of amides is 1. The fourth-order valence-corrected chi connectivity index (χ4v) is 2.56. The molecule has 0 bridgehead atoms. The molecule has 3 aromatic rings. The van der Waals surface area contributed by atoms with E-state index in [-0.39, 0.29) is 5.69 Å². The van der Waals surface area contributed by atoms with Crippen LogP contribution in [0, 0.1) is 0 Å². The second kappa shape index (κ2) is 7.92. The summed E-state index contributed by atoms with van der Waals surface area (Å²) in [6.07, 6.45) is 4.77. The van der Waals surface area contributed by atoms with Crippen LogP contribution in [-0.2, 0) is 6.54 Å². The summed E-state index contributed by atoms with van der Waals surface area (Å²) in [6.45, 7) is 0.530. The molecule has 2 N–H and O–H groups in total. The van der Waals surface area contributed by atoms with Gasteiger partial charge in [-0.15, -0.1) is 0 Å². The van der Waals surface area contributed by atoms with Crippen molar-refractivity contribution < 1.29 is 4.79 Å². The molecule has 126 valence electrons. The van der Waals surface area contributed by atoms with Gasteiger partial charge in [-0.2, -0.15) is 0 Å². The van der Waals surface area contributed by atoms with Crippen molar-refractivity contribution in [1.29, 1.82) is 0 Å². The van der Waals surface area contributed by atoms with Gasteiger partial charge in [-0.05, 0) is 23.8 Å². The molecule has 1 amide bonds. The molecule has 0 unspecified atom stereocenters. The normalized spacial score (nSPS) is 10.3. The van der Waals surface area contributed by atoms with Gasteiger partial charge in [0, 0.05) is 25.0 Å². The summed E-state index contributed by atoms with van der Waals surface area (Å²) in [5, 5.41) is 6.49. The number of para-hydroxylation sites is 1. The van der Waals surface area contributed by atoms with E-state index < -0.39 is 5.91 Å². The van der Waals surface area contributed by atoms with Gasteiger partial charge in [-0.25, -0.2) is 9.97 Å². The molecule has 0 atom stereocenters. The van der Waals surface area contributed by atoms with Crippen LogP contribution >= 0.6 is 23.2 Å². The van der Waals surface area contributed by atoms with Gasteiger partial charge in [-0.1, -0.05) is 35.3 Å². The first-order valence-electron chi connectivity index (χ1n) is 7.33. The number of pyridine rings is 1. The van der Waals surface area contributed by atoms with Crippen LogP contribution in [-0.4, -0.2) is 20.9 Å². The molecule has 0 radical (unpaired) electrons. The van der Waals surface area contributed by atoms with E-state index in [1.54, 1.807) is 36.7 Å². The van der Waals surface area contributed by atoms with Gasteiger partial charge in [0.2, 0.25) is 0 Å². The van der Waals surface area contributed by atoms with Crippen molar-refractivity contribution in [2.45, 2.75) is 6.54 Å². The van der Waals surface area contributed by atoms with Gasteiger partial charge in [0.15, 0.2) is 0 Å². The smallest absolute Gasteiger partial charge is 0.274 e. The van der Waals surface area contributed by atoms with Crippen molar-refractivity contribution >= 4 is 40.6 Å². The van der Waals surface area contributed by atoms with Gasteiger partial charge in [-0.3, -0.25) is 9.78 Å². The van der Waals surface area contributed by atoms with Crippen LogP contribution in [0.5, 0.6) is 0 Å². The fraction of sp³-hybridized carbons (Fsp3) is 0.0588. The molecule has 2 heterocycles. The second-order valence-corrected chi connectivity index (χ2v) is 5.87. The lowest BCUT2D eigenvalue weighted by atomic mass is 10.2. The zero-order valence-corrected chi connectivity index (χ0v) is 14.4. The van der Waals surface area contributed by atoms with Crippen molar-refractivity contribution in [2.24, 2.45) is 0 Å². The van der Waals surface area contributed by atoms with Gasteiger partial charge in [0.05, 0.1) is 15.7 Å². The van der Waals surface area contributed by atoms with E-state index in [0.717, 1.165) is 5.56 Å². The number of carbonyl (C=O) groups is 1. The van der Waals surface area contributed by atoms with Gasteiger partial charge < -0.3 is 10.6 Å². The predicted molar refractivity (Wildman–Crippen MR) is 98.0 cm³/mol. The monoisotopic (exact) mass is 373 g/mol. The molecule has 0 saturated heterocycles. The highest BCUT2D eigenvalue weighted by Gasteiger charge is 2.13. The van der Waals surface area contributed by atoms with Crippen molar-refractivity contribution in [3.63, 3.8) is 0 Å². The lowest BCUT2D eigenvalue weighted by molar-refractivity contribution is 0.102. The Bertz CT molecular complexity index is 869. The van der Waals surface area contributed by atoms with Crippen LogP contribution in [0.25, 0.3) is 0 Å². The van der Waals surface area contributed by atoms with Crippen LogP contribution in [0.1, 0.15) is 16.1 Å². The number of rotatable bonds is 5. The number of halogens is 2. The molecule has 3 rings (SSSR count). The highest BCUT2D eigenvalue weighted by atomic mass is 35.5. The van der Waals surface area contributed by atoms with E-state index in [4.69, 9.17) is 23.2 Å². The molecule has 0 aliphatic carbocycles. The molecular formula is C17H13Cl2N5O. The number of nitrogens with one attached hydrogen (secondary N) is 2. The minimum Gasteiger partial charge on any atom is -0.366 e. The average molecular weight is 374 g/mol. The van der Waals surface area contributed by atoms with Crippen LogP contribution < -0.4 is 10.6 Å². The molecule has 1 aromatic carbocycles. The second-order valence-electron chi connectivity index (χ2n) is 5.05. The summed E-state index contributed by atoms with van der Waals surface area (Å²) in [5.74, 6) is 0.0936. The quantitative estimate of drug-likeness (QED) is 0.705. The molecular weight excluding hydrogens is 361 g/mol. The highest BCUT2D eigenvalue weighted by Crippen LogP contribution is 2.30. The Kier molecular flexibility index (Phi) is 5.42. The SMILES string of the molecule is O=C(Nc1c(Cl)cccc1Cl)c1cc(NCc2cccnc2)ncn1. The fourth-order valence-electron chi connectivity index (χ4n) is 2.07. The van der Waals surface area contributed by atoms with Gasteiger partial charge in [0.25, 0.3) is 5.91 Å². The van der Waals surface area contributed by atoms with Crippen LogP contribution in [0.15, 0.2) is 55.1 Å². The van der Waals surface area contributed by atoms with E-state index in [2.05, 4.69) is 25.6 Å². The third-order valence-corrected chi connectivity index (χ3v) is 3.93. The number of benzene rings is 1. The minimum absolute atomic E-state index is 0.194.